The molecule has 1 atom stereocenters. The molecule has 26 heavy (non-hydrogen) atoms. The maximum absolute atomic E-state index is 12.2. The number of amides is 2. The number of carbonyl (C=O) groups excluding carboxylic acids is 2. The molecule has 0 bridgehead atoms. The van der Waals surface area contributed by atoms with Crippen molar-refractivity contribution in [1.29, 1.82) is 0 Å². The van der Waals surface area contributed by atoms with Crippen LogP contribution >= 0.6 is 0 Å². The van der Waals surface area contributed by atoms with Gasteiger partial charge >= 0.3 is 0 Å². The molecular formula is C20H23N3O3. The largest absolute Gasteiger partial charge is 0.497 e. The maximum Gasteiger partial charge on any atom is 0.226 e. The second kappa shape index (κ2) is 8.47. The SMILES string of the molecule is COc1ccc(CCN2C[C@@H](NC(=O)Cc3ccccn3)CC2=O)cc1. The molecule has 1 N–H and O–H groups in total. The van der Waals surface area contributed by atoms with E-state index >= 15 is 0 Å². The first-order valence-electron chi connectivity index (χ1n) is 8.74. The van der Waals surface area contributed by atoms with Gasteiger partial charge in [-0.05, 0) is 36.2 Å². The topological polar surface area (TPSA) is 71.5 Å². The lowest BCUT2D eigenvalue weighted by Crippen LogP contribution is -2.38. The number of ether oxygens (including phenoxy) is 1. The van der Waals surface area contributed by atoms with Crippen LogP contribution in [0.2, 0.25) is 0 Å². The van der Waals surface area contributed by atoms with Crippen LogP contribution in [-0.2, 0) is 22.4 Å². The van der Waals surface area contributed by atoms with Gasteiger partial charge in [-0.2, -0.15) is 0 Å². The van der Waals surface area contributed by atoms with E-state index in [4.69, 9.17) is 4.74 Å². The Labute approximate surface area is 153 Å². The predicted octanol–water partition coefficient (Wildman–Crippen LogP) is 1.59. The summed E-state index contributed by atoms with van der Waals surface area (Å²) in [5, 5.41) is 2.94. The van der Waals surface area contributed by atoms with Crippen molar-refractivity contribution in [3.05, 3.63) is 59.9 Å². The van der Waals surface area contributed by atoms with E-state index in [2.05, 4.69) is 10.3 Å². The second-order valence-corrected chi connectivity index (χ2v) is 6.40. The van der Waals surface area contributed by atoms with Gasteiger partial charge in [0.15, 0.2) is 0 Å². The zero-order chi connectivity index (χ0) is 18.4. The average Bonchev–Trinajstić information content (AvgIpc) is 3.00. The highest BCUT2D eigenvalue weighted by molar-refractivity contribution is 5.83. The quantitative estimate of drug-likeness (QED) is 0.821. The maximum atomic E-state index is 12.2. The fourth-order valence-corrected chi connectivity index (χ4v) is 3.09. The summed E-state index contributed by atoms with van der Waals surface area (Å²) >= 11 is 0. The van der Waals surface area contributed by atoms with Crippen molar-refractivity contribution < 1.29 is 14.3 Å². The summed E-state index contributed by atoms with van der Waals surface area (Å²) in [6.45, 7) is 1.21. The first-order chi connectivity index (χ1) is 12.6. The molecule has 6 nitrogen and oxygen atoms in total. The van der Waals surface area contributed by atoms with Crippen molar-refractivity contribution in [2.75, 3.05) is 20.2 Å². The minimum Gasteiger partial charge on any atom is -0.497 e. The van der Waals surface area contributed by atoms with Crippen molar-refractivity contribution in [2.45, 2.75) is 25.3 Å². The van der Waals surface area contributed by atoms with Crippen LogP contribution < -0.4 is 10.1 Å². The van der Waals surface area contributed by atoms with E-state index in [-0.39, 0.29) is 24.3 Å². The third-order valence-corrected chi connectivity index (χ3v) is 4.48. The molecule has 1 aliphatic rings. The van der Waals surface area contributed by atoms with Gasteiger partial charge in [-0.25, -0.2) is 0 Å². The number of carbonyl (C=O) groups is 2. The highest BCUT2D eigenvalue weighted by Gasteiger charge is 2.30. The fraction of sp³-hybridized carbons (Fsp3) is 0.350. The minimum absolute atomic E-state index is 0.0849. The molecule has 1 fully saturated rings. The Bertz CT molecular complexity index is 747. The lowest BCUT2D eigenvalue weighted by atomic mass is 10.1. The normalized spacial score (nSPS) is 16.6. The molecule has 0 aliphatic carbocycles. The van der Waals surface area contributed by atoms with Gasteiger partial charge in [-0.1, -0.05) is 18.2 Å². The molecule has 3 rings (SSSR count). The van der Waals surface area contributed by atoms with Gasteiger partial charge in [0, 0.05) is 31.4 Å². The number of benzene rings is 1. The standard InChI is InChI=1S/C20H23N3O3/c1-26-18-7-5-15(6-8-18)9-11-23-14-17(13-20(23)25)22-19(24)12-16-4-2-3-10-21-16/h2-8,10,17H,9,11-14H2,1H3,(H,22,24)/t17-/m0/s1. The van der Waals surface area contributed by atoms with Crippen LogP contribution in [0, 0.1) is 0 Å². The van der Waals surface area contributed by atoms with E-state index in [1.165, 1.54) is 0 Å². The summed E-state index contributed by atoms with van der Waals surface area (Å²) in [6.07, 6.45) is 3.04. The van der Waals surface area contributed by atoms with Gasteiger partial charge in [0.05, 0.1) is 19.6 Å². The van der Waals surface area contributed by atoms with Crippen LogP contribution in [0.25, 0.3) is 0 Å². The van der Waals surface area contributed by atoms with Crippen LogP contribution in [0.15, 0.2) is 48.7 Å². The van der Waals surface area contributed by atoms with Crippen molar-refractivity contribution in [3.63, 3.8) is 0 Å². The number of nitrogens with one attached hydrogen (secondary N) is 1. The van der Waals surface area contributed by atoms with E-state index in [9.17, 15) is 9.59 Å². The van der Waals surface area contributed by atoms with Gasteiger partial charge in [0.2, 0.25) is 11.8 Å². The molecule has 2 heterocycles. The number of hydrogen-bond donors (Lipinski definition) is 1. The first kappa shape index (κ1) is 17.9. The third kappa shape index (κ3) is 4.81. The molecule has 1 saturated heterocycles. The molecule has 0 saturated carbocycles. The van der Waals surface area contributed by atoms with E-state index in [1.807, 2.05) is 47.4 Å². The molecule has 0 radical (unpaired) electrons. The van der Waals surface area contributed by atoms with Crippen LogP contribution in [0.1, 0.15) is 17.7 Å². The highest BCUT2D eigenvalue weighted by Crippen LogP contribution is 2.15. The Balaban J connectivity index is 1.46. The summed E-state index contributed by atoms with van der Waals surface area (Å²) in [5.74, 6) is 0.807. The fourth-order valence-electron chi connectivity index (χ4n) is 3.09. The van der Waals surface area contributed by atoms with Gasteiger partial charge in [0.1, 0.15) is 5.75 Å². The van der Waals surface area contributed by atoms with Gasteiger partial charge in [0.25, 0.3) is 0 Å². The Kier molecular flexibility index (Phi) is 5.84. The van der Waals surface area contributed by atoms with Crippen LogP contribution in [0.4, 0.5) is 0 Å². The van der Waals surface area contributed by atoms with Gasteiger partial charge < -0.3 is 15.0 Å². The van der Waals surface area contributed by atoms with Crippen LogP contribution in [0.5, 0.6) is 5.75 Å². The molecule has 2 aromatic rings. The number of methoxy groups -OCH3 is 1. The molecule has 2 amide bonds. The van der Waals surface area contributed by atoms with E-state index < -0.39 is 0 Å². The third-order valence-electron chi connectivity index (χ3n) is 4.48. The Hall–Kier alpha value is -2.89. The first-order valence-corrected chi connectivity index (χ1v) is 8.74. The number of likely N-dealkylation sites (tertiary alicyclic amines) is 1. The number of pyridine rings is 1. The second-order valence-electron chi connectivity index (χ2n) is 6.40. The summed E-state index contributed by atoms with van der Waals surface area (Å²) in [4.78, 5) is 30.3. The predicted molar refractivity (Wildman–Crippen MR) is 97.8 cm³/mol. The molecule has 6 heteroatoms. The van der Waals surface area contributed by atoms with E-state index in [1.54, 1.807) is 13.3 Å². The summed E-state index contributed by atoms with van der Waals surface area (Å²) < 4.78 is 5.15. The molecular weight excluding hydrogens is 330 g/mol. The number of aromatic nitrogens is 1. The monoisotopic (exact) mass is 353 g/mol. The summed E-state index contributed by atoms with van der Waals surface area (Å²) in [7, 11) is 1.64. The molecule has 136 valence electrons. The van der Waals surface area contributed by atoms with Gasteiger partial charge in [-0.3, -0.25) is 14.6 Å². The highest BCUT2D eigenvalue weighted by atomic mass is 16.5. The Morgan fingerprint density at radius 2 is 2.08 bits per heavy atom. The number of rotatable bonds is 7. The number of nitrogens with zero attached hydrogens (tertiary/aromatic N) is 2. The van der Waals surface area contributed by atoms with Crippen LogP contribution in [0.3, 0.4) is 0 Å². The summed E-state index contributed by atoms with van der Waals surface area (Å²) in [5.41, 5.74) is 1.88. The van der Waals surface area contributed by atoms with Gasteiger partial charge in [-0.15, -0.1) is 0 Å². The lowest BCUT2D eigenvalue weighted by molar-refractivity contribution is -0.127. The van der Waals surface area contributed by atoms with Crippen molar-refractivity contribution >= 4 is 11.8 Å². The van der Waals surface area contributed by atoms with Crippen molar-refractivity contribution in [1.82, 2.24) is 15.2 Å². The Morgan fingerprint density at radius 1 is 1.27 bits per heavy atom. The Morgan fingerprint density at radius 3 is 2.77 bits per heavy atom. The molecule has 0 unspecified atom stereocenters. The van der Waals surface area contributed by atoms with E-state index in [0.29, 0.717) is 19.5 Å². The molecule has 1 aromatic carbocycles. The zero-order valence-electron chi connectivity index (χ0n) is 14.9. The smallest absolute Gasteiger partial charge is 0.226 e. The van der Waals surface area contributed by atoms with E-state index in [0.717, 1.165) is 23.4 Å². The lowest BCUT2D eigenvalue weighted by Gasteiger charge is -2.17. The molecule has 1 aliphatic heterocycles. The molecule has 1 aromatic heterocycles. The average molecular weight is 353 g/mol. The number of hydrogen-bond acceptors (Lipinski definition) is 4. The summed E-state index contributed by atoms with van der Waals surface area (Å²) in [6, 6.07) is 13.2. The van der Waals surface area contributed by atoms with Crippen LogP contribution in [-0.4, -0.2) is 47.9 Å². The van der Waals surface area contributed by atoms with Crippen molar-refractivity contribution in [2.24, 2.45) is 0 Å². The molecule has 0 spiro atoms. The zero-order valence-corrected chi connectivity index (χ0v) is 14.9. The minimum atomic E-state index is -0.130. The van der Waals surface area contributed by atoms with Crippen molar-refractivity contribution in [3.8, 4) is 5.75 Å².